The maximum Gasteiger partial charge on any atom is 0.332 e. The number of amides is 1. The second-order valence-electron chi connectivity index (χ2n) is 9.25. The third kappa shape index (κ3) is 8.25. The molecule has 1 amide bonds. The Kier molecular flexibility index (Phi) is 10.9. The number of esters is 2. The lowest BCUT2D eigenvalue weighted by Gasteiger charge is -2.30. The van der Waals surface area contributed by atoms with E-state index in [2.05, 4.69) is 22.9 Å². The summed E-state index contributed by atoms with van der Waals surface area (Å²) >= 11 is 3.33. The van der Waals surface area contributed by atoms with Crippen LogP contribution in [0.25, 0.3) is 0 Å². The summed E-state index contributed by atoms with van der Waals surface area (Å²) < 4.78 is 11.6. The average Bonchev–Trinajstić information content (AvgIpc) is 3.72. The largest absolute Gasteiger partial charge is 0.464 e. The average molecular weight is 572 g/mol. The molecule has 0 aliphatic heterocycles. The van der Waals surface area contributed by atoms with Gasteiger partial charge in [-0.15, -0.1) is 0 Å². The third-order valence-corrected chi connectivity index (χ3v) is 6.98. The van der Waals surface area contributed by atoms with Gasteiger partial charge in [-0.2, -0.15) is 0 Å². The van der Waals surface area contributed by atoms with Crippen molar-refractivity contribution >= 4 is 39.6 Å². The van der Waals surface area contributed by atoms with Crippen molar-refractivity contribution in [2.75, 3.05) is 19.8 Å². The second kappa shape index (κ2) is 14.1. The number of carbonyl (C=O) groups excluding carboxylic acids is 4. The van der Waals surface area contributed by atoms with E-state index in [9.17, 15) is 19.2 Å². The van der Waals surface area contributed by atoms with Gasteiger partial charge >= 0.3 is 11.9 Å². The minimum atomic E-state index is -1.17. The van der Waals surface area contributed by atoms with Crippen LogP contribution in [0.15, 0.2) is 59.1 Å². The number of hydrogen-bond acceptors (Lipinski definition) is 6. The van der Waals surface area contributed by atoms with Crippen LogP contribution < -0.4 is 0 Å². The molecule has 0 radical (unpaired) electrons. The van der Waals surface area contributed by atoms with Crippen LogP contribution >= 0.6 is 15.9 Å². The molecule has 0 bridgehead atoms. The normalized spacial score (nSPS) is 13.5. The molecule has 0 saturated heterocycles. The molecular weight excluding hydrogens is 538 g/mol. The molecule has 0 spiro atoms. The van der Waals surface area contributed by atoms with Gasteiger partial charge in [0.25, 0.3) is 5.91 Å². The SMILES string of the molecule is CCCCCCCC(=O)OCCN(C(=O)c1ccccc1)C1(C(=O)OCC(=O)c2ccc(Br)cc2)CC1. The number of halogens is 1. The first-order chi connectivity index (χ1) is 17.9. The van der Waals surface area contributed by atoms with Gasteiger partial charge in [-0.1, -0.05) is 78.9 Å². The fourth-order valence-corrected chi connectivity index (χ4v) is 4.39. The number of unbranched alkanes of at least 4 members (excludes halogenated alkanes) is 4. The minimum Gasteiger partial charge on any atom is -0.464 e. The number of benzene rings is 2. The number of ketones is 1. The summed E-state index contributed by atoms with van der Waals surface area (Å²) in [6.45, 7) is 1.77. The molecule has 0 unspecified atom stereocenters. The Balaban J connectivity index is 1.61. The van der Waals surface area contributed by atoms with E-state index in [-0.39, 0.29) is 30.8 Å². The lowest BCUT2D eigenvalue weighted by molar-refractivity contribution is -0.150. The molecule has 37 heavy (non-hydrogen) atoms. The van der Waals surface area contributed by atoms with Gasteiger partial charge in [-0.25, -0.2) is 4.79 Å². The van der Waals surface area contributed by atoms with Gasteiger partial charge in [0.15, 0.2) is 12.4 Å². The van der Waals surface area contributed by atoms with Crippen LogP contribution in [0.5, 0.6) is 0 Å². The minimum absolute atomic E-state index is 0.0147. The molecule has 3 rings (SSSR count). The van der Waals surface area contributed by atoms with Crippen molar-refractivity contribution in [2.24, 2.45) is 0 Å². The van der Waals surface area contributed by atoms with E-state index in [1.54, 1.807) is 54.6 Å². The zero-order valence-corrected chi connectivity index (χ0v) is 22.8. The van der Waals surface area contributed by atoms with Gasteiger partial charge in [0.05, 0.1) is 6.54 Å². The molecule has 0 aromatic heterocycles. The molecule has 198 valence electrons. The first-order valence-corrected chi connectivity index (χ1v) is 13.7. The van der Waals surface area contributed by atoms with Crippen LogP contribution in [-0.2, 0) is 19.1 Å². The summed E-state index contributed by atoms with van der Waals surface area (Å²) in [5.74, 6) is -1.60. The third-order valence-electron chi connectivity index (χ3n) is 6.45. The van der Waals surface area contributed by atoms with Gasteiger partial charge in [0.2, 0.25) is 0 Å². The molecule has 0 heterocycles. The van der Waals surface area contributed by atoms with Crippen molar-refractivity contribution in [1.82, 2.24) is 4.90 Å². The quantitative estimate of drug-likeness (QED) is 0.153. The highest BCUT2D eigenvalue weighted by Gasteiger charge is 2.58. The molecule has 2 aromatic carbocycles. The first-order valence-electron chi connectivity index (χ1n) is 12.9. The first kappa shape index (κ1) is 28.6. The summed E-state index contributed by atoms with van der Waals surface area (Å²) in [6, 6.07) is 15.4. The number of Topliss-reactive ketones (excluding diaryl/α,β-unsaturated/α-hetero) is 1. The van der Waals surface area contributed by atoms with Crippen LogP contribution in [0, 0.1) is 0 Å². The van der Waals surface area contributed by atoms with Gasteiger partial charge in [0.1, 0.15) is 12.1 Å². The Hall–Kier alpha value is -3.00. The van der Waals surface area contributed by atoms with Gasteiger partial charge in [0, 0.05) is 22.0 Å². The Morgan fingerprint density at radius 2 is 1.54 bits per heavy atom. The lowest BCUT2D eigenvalue weighted by Crippen LogP contribution is -2.50. The molecular formula is C29H34BrNO6. The van der Waals surface area contributed by atoms with Crippen LogP contribution in [0.2, 0.25) is 0 Å². The van der Waals surface area contributed by atoms with E-state index < -0.39 is 18.1 Å². The standard InChI is InChI=1S/C29H34BrNO6/c1-2-3-4-5-9-12-26(33)36-20-19-31(27(34)23-10-7-6-8-11-23)29(17-18-29)28(35)37-21-25(32)22-13-15-24(30)16-14-22/h6-8,10-11,13-16H,2-5,9,12,17-21H2,1H3. The fourth-order valence-electron chi connectivity index (χ4n) is 4.13. The molecule has 1 aliphatic carbocycles. The van der Waals surface area contributed by atoms with Crippen molar-refractivity contribution in [1.29, 1.82) is 0 Å². The van der Waals surface area contributed by atoms with Crippen molar-refractivity contribution in [3.63, 3.8) is 0 Å². The van der Waals surface area contributed by atoms with E-state index in [0.29, 0.717) is 30.4 Å². The number of carbonyl (C=O) groups is 4. The zero-order valence-electron chi connectivity index (χ0n) is 21.2. The van der Waals surface area contributed by atoms with E-state index in [1.165, 1.54) is 4.90 Å². The summed E-state index contributed by atoms with van der Waals surface area (Å²) in [5, 5.41) is 0. The van der Waals surface area contributed by atoms with Gasteiger partial charge in [-0.3, -0.25) is 14.4 Å². The van der Waals surface area contributed by atoms with E-state index in [4.69, 9.17) is 9.47 Å². The number of nitrogens with zero attached hydrogens (tertiary/aromatic N) is 1. The molecule has 1 aliphatic rings. The van der Waals surface area contributed by atoms with Crippen LogP contribution in [0.4, 0.5) is 0 Å². The maximum atomic E-state index is 13.4. The highest BCUT2D eigenvalue weighted by atomic mass is 79.9. The van der Waals surface area contributed by atoms with E-state index in [0.717, 1.165) is 36.6 Å². The summed E-state index contributed by atoms with van der Waals surface area (Å²) in [6.07, 6.45) is 6.31. The summed E-state index contributed by atoms with van der Waals surface area (Å²) in [7, 11) is 0. The van der Waals surface area contributed by atoms with Crippen LogP contribution in [0.3, 0.4) is 0 Å². The number of ether oxygens (including phenoxy) is 2. The molecule has 7 nitrogen and oxygen atoms in total. The second-order valence-corrected chi connectivity index (χ2v) is 10.2. The number of hydrogen-bond donors (Lipinski definition) is 0. The van der Waals surface area contributed by atoms with Gasteiger partial charge < -0.3 is 14.4 Å². The lowest BCUT2D eigenvalue weighted by atomic mass is 10.1. The summed E-state index contributed by atoms with van der Waals surface area (Å²) in [5.41, 5.74) is -0.311. The van der Waals surface area contributed by atoms with Crippen LogP contribution in [-0.4, -0.2) is 53.8 Å². The van der Waals surface area contributed by atoms with E-state index in [1.807, 2.05) is 0 Å². The van der Waals surface area contributed by atoms with E-state index >= 15 is 0 Å². The van der Waals surface area contributed by atoms with Crippen molar-refractivity contribution in [3.8, 4) is 0 Å². The predicted molar refractivity (Wildman–Crippen MR) is 143 cm³/mol. The Labute approximate surface area is 226 Å². The molecule has 2 aromatic rings. The Bertz CT molecular complexity index is 1070. The molecule has 1 saturated carbocycles. The monoisotopic (exact) mass is 571 g/mol. The molecule has 0 atom stereocenters. The van der Waals surface area contributed by atoms with Crippen LogP contribution in [0.1, 0.15) is 79.0 Å². The predicted octanol–water partition coefficient (Wildman–Crippen LogP) is 5.75. The van der Waals surface area contributed by atoms with Gasteiger partial charge in [-0.05, 0) is 43.5 Å². The highest BCUT2D eigenvalue weighted by Crippen LogP contribution is 2.43. The van der Waals surface area contributed by atoms with Crippen molar-refractivity contribution in [2.45, 2.75) is 63.8 Å². The van der Waals surface area contributed by atoms with Crippen molar-refractivity contribution in [3.05, 3.63) is 70.2 Å². The number of rotatable bonds is 15. The smallest absolute Gasteiger partial charge is 0.332 e. The summed E-state index contributed by atoms with van der Waals surface area (Å²) in [4.78, 5) is 52.6. The Morgan fingerprint density at radius 1 is 0.865 bits per heavy atom. The Morgan fingerprint density at radius 3 is 2.19 bits per heavy atom. The molecule has 0 N–H and O–H groups in total. The molecule has 1 fully saturated rings. The maximum absolute atomic E-state index is 13.4. The highest BCUT2D eigenvalue weighted by molar-refractivity contribution is 9.10. The topological polar surface area (TPSA) is 90.0 Å². The van der Waals surface area contributed by atoms with Crippen molar-refractivity contribution < 1.29 is 28.7 Å². The zero-order chi connectivity index (χ0) is 26.7. The fraction of sp³-hybridized carbons (Fsp3) is 0.448. The molecule has 8 heteroatoms.